The minimum absolute atomic E-state index is 0. The van der Waals surface area contributed by atoms with Crippen LogP contribution in [0, 0.1) is 105 Å². The number of esters is 6. The van der Waals surface area contributed by atoms with Crippen LogP contribution >= 0.6 is 53.0 Å². The van der Waals surface area contributed by atoms with Crippen LogP contribution in [0.25, 0.3) is 14.5 Å². The molecule has 108 heavy (non-hydrogen) atoms. The summed E-state index contributed by atoms with van der Waals surface area (Å²) in [5, 5.41) is 47.0. The molecule has 0 amide bonds. The van der Waals surface area contributed by atoms with Gasteiger partial charge in [-0.05, 0) is 156 Å². The number of rotatable bonds is 11. The number of methoxy groups -OCH3 is 4. The summed E-state index contributed by atoms with van der Waals surface area (Å²) in [6, 6.07) is 22.5. The summed E-state index contributed by atoms with van der Waals surface area (Å²) in [4.78, 5) is 84.7. The fraction of sp³-hybridized carbons (Fsp3) is 0.182. The first-order valence-corrected chi connectivity index (χ1v) is 30.9. The molecule has 0 fully saturated rings. The van der Waals surface area contributed by atoms with Gasteiger partial charge in [0.15, 0.2) is 0 Å². The van der Waals surface area contributed by atoms with Gasteiger partial charge < -0.3 is 82.0 Å². The number of hydrogen-bond donors (Lipinski definition) is 4. The van der Waals surface area contributed by atoms with Crippen LogP contribution in [0.15, 0.2) is 97.1 Å². The molecule has 576 valence electrons. The molecule has 0 radical (unpaired) electrons. The van der Waals surface area contributed by atoms with E-state index in [1.807, 2.05) is 36.4 Å². The topological polar surface area (TPSA) is 335 Å². The van der Waals surface area contributed by atoms with E-state index in [1.54, 1.807) is 53.5 Å². The number of nitrogens with zero attached hydrogens (tertiary/aromatic N) is 5. The number of phenols is 3. The third-order valence-corrected chi connectivity index (χ3v) is 11.5. The Bertz CT molecular complexity index is 4330. The van der Waals surface area contributed by atoms with Gasteiger partial charge in [0.1, 0.15) is 28.7 Å². The standard InChI is InChI=1S/C17H10F5NO3.C12H13NO3.C9H7NO3.C8F8O2.C8H7IO3.C8H8O3.C2H4O2.2CN.ClI.Cu.Na/c1-7(2)25-10-5-4-8(6-9(10)23-3)17(24)26-16-14(21)12(19)11(18)13(20)15(16)22;1-8(2)16-11-6-5-9(12(14)15-4)7-10(11)13-3;1-10-7-5-6(9(12)13-2)3-4-8(7)11;9-1-2(10)4(12)6(5(13)3(1)11)18-7(17)8(14,15)16;1-12-8(11)5-2-3-7(10)6(9)4-5;1-11-8(10)6-2-4-7(9)5-3-6;1-2(3)4;3*1-2;;/h4-7H,1-2H3;5-8H,1-2,4H3;3-5,11H,2H3;;2-4,10H,1H3;2-5,9H,1H3;1H3,(H,3,4);;;;;/q;;;;;;;2*-1;;2*+1. The van der Waals surface area contributed by atoms with Gasteiger partial charge in [0.25, 0.3) is 5.97 Å². The fourth-order valence-electron chi connectivity index (χ4n) is 6.26. The maximum absolute atomic E-state index is 13.6. The van der Waals surface area contributed by atoms with Gasteiger partial charge in [0.2, 0.25) is 86.7 Å². The zero-order chi connectivity index (χ0) is 82.8. The first kappa shape index (κ1) is 106. The molecule has 0 aliphatic carbocycles. The second-order valence-corrected chi connectivity index (χ2v) is 19.7. The van der Waals surface area contributed by atoms with Gasteiger partial charge in [-0.1, -0.05) is 0 Å². The van der Waals surface area contributed by atoms with E-state index in [0.29, 0.717) is 31.7 Å². The number of alkyl halides is 3. The molecule has 0 heterocycles. The van der Waals surface area contributed by atoms with E-state index in [-0.39, 0.29) is 104 Å². The quantitative estimate of drug-likeness (QED) is 0.0108. The van der Waals surface area contributed by atoms with Gasteiger partial charge in [-0.2, -0.15) is 30.7 Å². The Morgan fingerprint density at radius 3 is 1.00 bits per heavy atom. The summed E-state index contributed by atoms with van der Waals surface area (Å²) in [5.41, 5.74) is 1.42. The molecule has 0 unspecified atom stereocenters. The van der Waals surface area contributed by atoms with Crippen molar-refractivity contribution in [3.05, 3.63) is 234 Å². The van der Waals surface area contributed by atoms with Crippen LogP contribution in [0.1, 0.15) is 86.4 Å². The Morgan fingerprint density at radius 2 is 0.704 bits per heavy atom. The van der Waals surface area contributed by atoms with E-state index in [0.717, 1.165) is 19.1 Å². The number of aromatic hydroxyl groups is 3. The van der Waals surface area contributed by atoms with Gasteiger partial charge in [0, 0.05) is 45.1 Å². The first-order valence-electron chi connectivity index (χ1n) is 27.1. The average molecular weight is 1840 g/mol. The zero-order valence-electron chi connectivity index (χ0n) is 56.4. The largest absolute Gasteiger partial charge is 1.00 e. The van der Waals surface area contributed by atoms with Crippen molar-refractivity contribution in [3.8, 4) is 40.2 Å². The van der Waals surface area contributed by atoms with Crippen molar-refractivity contribution >= 4 is 112 Å². The third-order valence-electron chi connectivity index (χ3n) is 10.7. The molecular formula is C66H49ClCuF13I2N5NaO19. The van der Waals surface area contributed by atoms with Crippen molar-refractivity contribution in [2.24, 2.45) is 0 Å². The van der Waals surface area contributed by atoms with Crippen molar-refractivity contribution in [1.29, 1.82) is 10.5 Å². The average Bonchev–Trinajstić information content (AvgIpc) is 0.796. The second kappa shape index (κ2) is 54.3. The third kappa shape index (κ3) is 35.4. The Labute approximate surface area is 668 Å². The Kier molecular flexibility index (Phi) is 53.4. The summed E-state index contributed by atoms with van der Waals surface area (Å²) < 4.78 is 201. The van der Waals surface area contributed by atoms with Crippen molar-refractivity contribution in [1.82, 2.24) is 0 Å². The Balaban J connectivity index is -0.000000390. The number of aliphatic carboxylic acids is 1. The van der Waals surface area contributed by atoms with Crippen LogP contribution in [-0.2, 0) is 45.6 Å². The molecule has 4 N–H and O–H groups in total. The molecule has 7 aromatic carbocycles. The fourth-order valence-corrected chi connectivity index (χ4v) is 6.78. The molecule has 0 aromatic heterocycles. The molecule has 42 heteroatoms. The van der Waals surface area contributed by atoms with Gasteiger partial charge in [-0.15, -0.1) is 0 Å². The molecular weight excluding hydrogens is 1790 g/mol. The van der Waals surface area contributed by atoms with Crippen molar-refractivity contribution in [2.45, 2.75) is 53.0 Å². The SMILES string of the molecule is CC(=O)O.COC(=O)c1ccc(O)c(I)c1.COC(=O)c1ccc(O)cc1.ClI.O=C(Oc1c(F)c(F)c(F)c(F)c1F)C(F)(F)F.[C-]#N.[C-]#N.[C-]#[N+]c1cc(C(=O)OC)ccc1O.[C-]#[N+]c1cc(C(=O)OC)ccc1OC(C)C.[C-]#[N+]c1cc(C(=O)Oc2c(F)c(F)c(F)c(F)c2F)ccc1OC(C)C.[Cu+].[Na+]. The number of hydrogen-bond acceptors (Lipinski definition) is 20. The summed E-state index contributed by atoms with van der Waals surface area (Å²) in [6.07, 6.45) is -5.92. The normalized spacial score (nSPS) is 9.30. The van der Waals surface area contributed by atoms with Crippen LogP contribution in [0.2, 0.25) is 0 Å². The minimum Gasteiger partial charge on any atom is -0.519 e. The summed E-state index contributed by atoms with van der Waals surface area (Å²) in [5.74, 6) is -34.8. The number of carboxylic acids is 1. The van der Waals surface area contributed by atoms with E-state index in [2.05, 4.69) is 51.9 Å². The molecule has 24 nitrogen and oxygen atoms in total. The van der Waals surface area contributed by atoms with Crippen LogP contribution in [-0.4, -0.2) is 109 Å². The molecule has 0 saturated carbocycles. The van der Waals surface area contributed by atoms with Gasteiger partial charge >= 0.3 is 88.6 Å². The van der Waals surface area contributed by atoms with E-state index >= 15 is 0 Å². The molecule has 0 atom stereocenters. The predicted molar refractivity (Wildman–Crippen MR) is 358 cm³/mol. The van der Waals surface area contributed by atoms with Gasteiger partial charge in [0.05, 0.1) is 75.1 Å². The van der Waals surface area contributed by atoms with Gasteiger partial charge in [-0.25, -0.2) is 69.6 Å². The summed E-state index contributed by atoms with van der Waals surface area (Å²) in [7, 11) is 9.81. The zero-order valence-corrected chi connectivity index (χ0v) is 64.4. The maximum atomic E-state index is 13.6. The molecule has 7 rings (SSSR count). The summed E-state index contributed by atoms with van der Waals surface area (Å²) >= 11 is 3.56. The van der Waals surface area contributed by atoms with Crippen molar-refractivity contribution in [3.63, 3.8) is 0 Å². The van der Waals surface area contributed by atoms with Crippen LogP contribution in [0.4, 0.5) is 74.1 Å². The summed E-state index contributed by atoms with van der Waals surface area (Å²) in [6.45, 7) is 38.5. The number of carbonyl (C=O) groups is 7. The smallest absolute Gasteiger partial charge is 0.519 e. The van der Waals surface area contributed by atoms with E-state index in [4.69, 9.17) is 78.1 Å². The van der Waals surface area contributed by atoms with Gasteiger partial charge in [-0.3, -0.25) is 4.79 Å². The number of carboxylic acid groups (broad SMARTS) is 1. The van der Waals surface area contributed by atoms with Crippen molar-refractivity contribution in [2.75, 3.05) is 28.4 Å². The molecule has 7 aromatic rings. The Hall–Kier alpha value is -10.4. The number of ether oxygens (including phenoxy) is 8. The number of phenolic OH excluding ortho intramolecular Hbond substituents is 3. The van der Waals surface area contributed by atoms with E-state index in [1.165, 1.54) is 95.2 Å². The Morgan fingerprint density at radius 1 is 0.444 bits per heavy atom. The van der Waals surface area contributed by atoms with Crippen LogP contribution in [0.5, 0.6) is 40.2 Å². The number of carbonyl (C=O) groups excluding carboxylic acids is 6. The monoisotopic (exact) mass is 1840 g/mol. The minimum atomic E-state index is -5.65. The molecule has 0 aliphatic rings. The van der Waals surface area contributed by atoms with E-state index < -0.39 is 118 Å². The maximum Gasteiger partial charge on any atom is 1.00 e. The van der Waals surface area contributed by atoms with Crippen LogP contribution in [0.3, 0.4) is 0 Å². The van der Waals surface area contributed by atoms with Crippen molar-refractivity contribution < 1.29 is 196 Å². The second-order valence-electron chi connectivity index (χ2n) is 18.5. The van der Waals surface area contributed by atoms with E-state index in [9.17, 15) is 85.8 Å². The molecule has 0 bridgehead atoms. The molecule has 0 aliphatic heterocycles. The number of benzene rings is 7. The first-order chi connectivity index (χ1) is 49.6. The predicted octanol–water partition coefficient (Wildman–Crippen LogP) is 14.2. The molecule has 0 saturated heterocycles. The van der Waals surface area contributed by atoms with Crippen LogP contribution < -0.4 is 48.5 Å². The number of halogens is 16. The molecule has 0 spiro atoms.